The second-order valence-electron chi connectivity index (χ2n) is 6.07. The number of rotatable bonds is 6. The summed E-state index contributed by atoms with van der Waals surface area (Å²) in [5.41, 5.74) is 1.32. The lowest BCUT2D eigenvalue weighted by molar-refractivity contribution is -0.384. The molecule has 0 aliphatic heterocycles. The maximum Gasteiger partial charge on any atom is 0.276 e. The molecule has 0 saturated heterocycles. The van der Waals surface area contributed by atoms with E-state index in [4.69, 9.17) is 0 Å². The van der Waals surface area contributed by atoms with Crippen molar-refractivity contribution in [2.75, 3.05) is 18.4 Å². The van der Waals surface area contributed by atoms with Gasteiger partial charge in [-0.25, -0.2) is 0 Å². The van der Waals surface area contributed by atoms with Crippen molar-refractivity contribution < 1.29 is 14.5 Å². The SMILES string of the molecule is CCN(CC)C(=O)c1cccc(NC(=O)c2n[nH]c3ccc([N+](=O)[O-])cc23)c1. The van der Waals surface area contributed by atoms with Crippen molar-refractivity contribution in [2.45, 2.75) is 13.8 Å². The number of nitro groups is 1. The predicted molar refractivity (Wildman–Crippen MR) is 104 cm³/mol. The van der Waals surface area contributed by atoms with Crippen molar-refractivity contribution in [3.63, 3.8) is 0 Å². The summed E-state index contributed by atoms with van der Waals surface area (Å²) in [4.78, 5) is 37.3. The average Bonchev–Trinajstić information content (AvgIpc) is 3.12. The van der Waals surface area contributed by atoms with Gasteiger partial charge in [0.05, 0.1) is 10.4 Å². The molecule has 2 amide bonds. The van der Waals surface area contributed by atoms with Crippen molar-refractivity contribution >= 4 is 34.1 Å². The number of aromatic amines is 1. The molecule has 0 aliphatic rings. The van der Waals surface area contributed by atoms with Gasteiger partial charge in [-0.3, -0.25) is 24.8 Å². The van der Waals surface area contributed by atoms with Gasteiger partial charge < -0.3 is 10.2 Å². The van der Waals surface area contributed by atoms with Crippen LogP contribution in [-0.4, -0.2) is 44.9 Å². The van der Waals surface area contributed by atoms with E-state index in [9.17, 15) is 19.7 Å². The summed E-state index contributed by atoms with van der Waals surface area (Å²) in [5, 5.41) is 20.7. The lowest BCUT2D eigenvalue weighted by Crippen LogP contribution is -2.30. The third-order valence-electron chi connectivity index (χ3n) is 4.39. The van der Waals surface area contributed by atoms with E-state index in [2.05, 4.69) is 15.5 Å². The van der Waals surface area contributed by atoms with Gasteiger partial charge in [-0.2, -0.15) is 5.10 Å². The molecule has 3 aromatic rings. The molecule has 1 aromatic heterocycles. The monoisotopic (exact) mass is 381 g/mol. The van der Waals surface area contributed by atoms with Crippen LogP contribution in [-0.2, 0) is 0 Å². The third kappa shape index (κ3) is 3.68. The summed E-state index contributed by atoms with van der Waals surface area (Å²) in [6.45, 7) is 4.97. The Bertz CT molecular complexity index is 1060. The van der Waals surface area contributed by atoms with E-state index in [1.807, 2.05) is 13.8 Å². The molecule has 9 heteroatoms. The molecule has 0 saturated carbocycles. The fourth-order valence-electron chi connectivity index (χ4n) is 2.90. The van der Waals surface area contributed by atoms with Gasteiger partial charge in [0.25, 0.3) is 17.5 Å². The van der Waals surface area contributed by atoms with E-state index in [-0.39, 0.29) is 17.3 Å². The molecule has 2 aromatic carbocycles. The van der Waals surface area contributed by atoms with Crippen molar-refractivity contribution in [1.82, 2.24) is 15.1 Å². The molecule has 28 heavy (non-hydrogen) atoms. The second kappa shape index (κ2) is 7.87. The summed E-state index contributed by atoms with van der Waals surface area (Å²) in [6.07, 6.45) is 0. The Balaban J connectivity index is 1.87. The fraction of sp³-hybridized carbons (Fsp3) is 0.211. The largest absolute Gasteiger partial charge is 0.339 e. The van der Waals surface area contributed by atoms with E-state index in [1.165, 1.54) is 18.2 Å². The van der Waals surface area contributed by atoms with Gasteiger partial charge >= 0.3 is 0 Å². The Hall–Kier alpha value is -3.75. The maximum atomic E-state index is 12.6. The van der Waals surface area contributed by atoms with Crippen LogP contribution < -0.4 is 5.32 Å². The Morgan fingerprint density at radius 2 is 1.93 bits per heavy atom. The topological polar surface area (TPSA) is 121 Å². The quantitative estimate of drug-likeness (QED) is 0.502. The van der Waals surface area contributed by atoms with Gasteiger partial charge in [-0.15, -0.1) is 0 Å². The molecule has 0 atom stereocenters. The average molecular weight is 381 g/mol. The number of carbonyl (C=O) groups is 2. The summed E-state index contributed by atoms with van der Waals surface area (Å²) >= 11 is 0. The number of benzene rings is 2. The number of nitrogens with one attached hydrogen (secondary N) is 2. The molecular weight excluding hydrogens is 362 g/mol. The van der Waals surface area contributed by atoms with Crippen molar-refractivity contribution in [2.24, 2.45) is 0 Å². The first-order chi connectivity index (χ1) is 13.4. The first-order valence-corrected chi connectivity index (χ1v) is 8.77. The Morgan fingerprint density at radius 3 is 2.61 bits per heavy atom. The van der Waals surface area contributed by atoms with E-state index in [0.717, 1.165) is 0 Å². The minimum absolute atomic E-state index is 0.0409. The first kappa shape index (κ1) is 19.0. The van der Waals surface area contributed by atoms with Crippen LogP contribution in [0.5, 0.6) is 0 Å². The summed E-state index contributed by atoms with van der Waals surface area (Å²) in [7, 11) is 0. The van der Waals surface area contributed by atoms with Crippen LogP contribution in [0.4, 0.5) is 11.4 Å². The van der Waals surface area contributed by atoms with Gasteiger partial charge in [-0.1, -0.05) is 6.07 Å². The number of hydrogen-bond acceptors (Lipinski definition) is 5. The molecule has 0 fully saturated rings. The van der Waals surface area contributed by atoms with Gasteiger partial charge in [0.15, 0.2) is 5.69 Å². The number of carbonyl (C=O) groups excluding carboxylic acids is 2. The molecular formula is C19H19N5O4. The smallest absolute Gasteiger partial charge is 0.276 e. The van der Waals surface area contributed by atoms with Crippen LogP contribution in [0.15, 0.2) is 42.5 Å². The molecule has 144 valence electrons. The highest BCUT2D eigenvalue weighted by atomic mass is 16.6. The summed E-state index contributed by atoms with van der Waals surface area (Å²) in [5.74, 6) is -0.652. The Kier molecular flexibility index (Phi) is 5.35. The van der Waals surface area contributed by atoms with Crippen LogP contribution in [0, 0.1) is 10.1 Å². The normalized spacial score (nSPS) is 10.6. The standard InChI is InChI=1S/C19H19N5O4/c1-3-23(4-2)19(26)12-6-5-7-13(10-12)20-18(25)17-15-11-14(24(27)28)8-9-16(15)21-22-17/h5-11H,3-4H2,1-2H3,(H,20,25)(H,21,22). The summed E-state index contributed by atoms with van der Waals surface area (Å²) in [6, 6.07) is 10.8. The number of non-ortho nitro benzene ring substituents is 1. The molecule has 0 aliphatic carbocycles. The number of anilines is 1. The number of fused-ring (bicyclic) bond motifs is 1. The highest BCUT2D eigenvalue weighted by Gasteiger charge is 2.18. The van der Waals surface area contributed by atoms with E-state index >= 15 is 0 Å². The lowest BCUT2D eigenvalue weighted by atomic mass is 10.1. The van der Waals surface area contributed by atoms with Gasteiger partial charge in [0.1, 0.15) is 0 Å². The van der Waals surface area contributed by atoms with Gasteiger partial charge in [-0.05, 0) is 38.1 Å². The van der Waals surface area contributed by atoms with Crippen molar-refractivity contribution in [3.05, 3.63) is 63.8 Å². The van der Waals surface area contributed by atoms with Gasteiger partial charge in [0.2, 0.25) is 0 Å². The van der Waals surface area contributed by atoms with Crippen LogP contribution in [0.2, 0.25) is 0 Å². The highest BCUT2D eigenvalue weighted by Crippen LogP contribution is 2.23. The molecule has 0 unspecified atom stereocenters. The van der Waals surface area contributed by atoms with E-state index < -0.39 is 10.8 Å². The van der Waals surface area contributed by atoms with Gasteiger partial charge in [0, 0.05) is 41.9 Å². The molecule has 1 heterocycles. The number of aromatic nitrogens is 2. The molecule has 0 spiro atoms. The second-order valence-corrected chi connectivity index (χ2v) is 6.07. The number of amides is 2. The molecule has 3 rings (SSSR count). The predicted octanol–water partition coefficient (Wildman–Crippen LogP) is 3.21. The number of hydrogen-bond donors (Lipinski definition) is 2. The number of H-pyrrole nitrogens is 1. The van der Waals surface area contributed by atoms with Crippen molar-refractivity contribution in [3.8, 4) is 0 Å². The number of nitrogens with zero attached hydrogens (tertiary/aromatic N) is 3. The molecule has 0 bridgehead atoms. The first-order valence-electron chi connectivity index (χ1n) is 8.77. The van der Waals surface area contributed by atoms with Crippen LogP contribution in [0.25, 0.3) is 10.9 Å². The molecule has 9 nitrogen and oxygen atoms in total. The molecule has 0 radical (unpaired) electrons. The minimum atomic E-state index is -0.531. The minimum Gasteiger partial charge on any atom is -0.339 e. The number of nitro benzene ring substituents is 1. The van der Waals surface area contributed by atoms with E-state index in [1.54, 1.807) is 29.2 Å². The van der Waals surface area contributed by atoms with Crippen LogP contribution in [0.3, 0.4) is 0 Å². The third-order valence-corrected chi connectivity index (χ3v) is 4.39. The van der Waals surface area contributed by atoms with E-state index in [0.29, 0.717) is 35.2 Å². The molecule has 2 N–H and O–H groups in total. The van der Waals surface area contributed by atoms with Crippen LogP contribution >= 0.6 is 0 Å². The fourth-order valence-corrected chi connectivity index (χ4v) is 2.90. The van der Waals surface area contributed by atoms with Crippen molar-refractivity contribution in [1.29, 1.82) is 0 Å². The maximum absolute atomic E-state index is 12.6. The zero-order valence-electron chi connectivity index (χ0n) is 15.4. The summed E-state index contributed by atoms with van der Waals surface area (Å²) < 4.78 is 0. The highest BCUT2D eigenvalue weighted by molar-refractivity contribution is 6.11. The zero-order chi connectivity index (χ0) is 20.3. The Labute approximate surface area is 160 Å². The zero-order valence-corrected chi connectivity index (χ0v) is 15.4. The Morgan fingerprint density at radius 1 is 1.18 bits per heavy atom. The lowest BCUT2D eigenvalue weighted by Gasteiger charge is -2.18. The van der Waals surface area contributed by atoms with Crippen LogP contribution in [0.1, 0.15) is 34.7 Å².